The van der Waals surface area contributed by atoms with Crippen LogP contribution in [0, 0.1) is 0 Å². The highest BCUT2D eigenvalue weighted by atomic mass is 16.5. The Morgan fingerprint density at radius 1 is 1.00 bits per heavy atom. The van der Waals surface area contributed by atoms with Crippen LogP contribution in [0.3, 0.4) is 0 Å². The molecule has 0 unspecified atom stereocenters. The number of hydrogen-bond acceptors (Lipinski definition) is 6. The Hall–Kier alpha value is -3.32. The van der Waals surface area contributed by atoms with E-state index < -0.39 is 17.7 Å². The molecular weight excluding hydrogens is 394 g/mol. The summed E-state index contributed by atoms with van der Waals surface area (Å²) in [5.41, 5.74) is 2.34. The largest absolute Gasteiger partial charge is 0.507 e. The zero-order valence-electron chi connectivity index (χ0n) is 18.6. The van der Waals surface area contributed by atoms with Crippen molar-refractivity contribution < 1.29 is 19.4 Å². The number of carbonyl (C=O) groups excluding carboxylic acids is 2. The van der Waals surface area contributed by atoms with Crippen LogP contribution in [0.25, 0.3) is 5.76 Å². The maximum absolute atomic E-state index is 13.0. The molecule has 0 saturated carbocycles. The van der Waals surface area contributed by atoms with E-state index in [-0.39, 0.29) is 11.3 Å². The van der Waals surface area contributed by atoms with Crippen molar-refractivity contribution >= 4 is 23.1 Å². The van der Waals surface area contributed by atoms with Crippen molar-refractivity contribution in [2.75, 3.05) is 53.3 Å². The summed E-state index contributed by atoms with van der Waals surface area (Å²) in [7, 11) is 9.27. The van der Waals surface area contributed by atoms with Crippen molar-refractivity contribution in [2.45, 2.75) is 6.04 Å². The van der Waals surface area contributed by atoms with Crippen molar-refractivity contribution in [3.63, 3.8) is 0 Å². The monoisotopic (exact) mass is 423 g/mol. The van der Waals surface area contributed by atoms with E-state index in [2.05, 4.69) is 0 Å². The lowest BCUT2D eigenvalue weighted by atomic mass is 9.95. The Morgan fingerprint density at radius 2 is 1.61 bits per heavy atom. The second-order valence-electron chi connectivity index (χ2n) is 8.01. The second-order valence-corrected chi connectivity index (χ2v) is 8.01. The number of carbonyl (C=O) groups is 2. The van der Waals surface area contributed by atoms with Crippen molar-refractivity contribution in [3.05, 3.63) is 65.2 Å². The summed E-state index contributed by atoms with van der Waals surface area (Å²) in [6.45, 7) is 0.971. The minimum atomic E-state index is -0.672. The third-order valence-corrected chi connectivity index (χ3v) is 5.42. The van der Waals surface area contributed by atoms with Crippen LogP contribution < -0.4 is 9.64 Å². The van der Waals surface area contributed by atoms with Crippen LogP contribution in [0.4, 0.5) is 5.69 Å². The zero-order valence-corrected chi connectivity index (χ0v) is 18.6. The van der Waals surface area contributed by atoms with Crippen molar-refractivity contribution in [2.24, 2.45) is 0 Å². The summed E-state index contributed by atoms with van der Waals surface area (Å²) in [5.74, 6) is -0.818. The van der Waals surface area contributed by atoms with Gasteiger partial charge in [0.15, 0.2) is 0 Å². The van der Waals surface area contributed by atoms with Gasteiger partial charge >= 0.3 is 0 Å². The van der Waals surface area contributed by atoms with Crippen LogP contribution in [-0.2, 0) is 9.59 Å². The lowest BCUT2D eigenvalue weighted by Gasteiger charge is -2.27. The number of hydrogen-bond donors (Lipinski definition) is 1. The topological polar surface area (TPSA) is 73.3 Å². The third kappa shape index (κ3) is 4.56. The smallest absolute Gasteiger partial charge is 0.295 e. The Morgan fingerprint density at radius 3 is 2.13 bits per heavy atom. The molecule has 1 atom stereocenters. The summed E-state index contributed by atoms with van der Waals surface area (Å²) in [4.78, 5) is 31.4. The van der Waals surface area contributed by atoms with E-state index in [9.17, 15) is 14.7 Å². The Bertz CT molecular complexity index is 979. The molecule has 1 saturated heterocycles. The average molecular weight is 424 g/mol. The first kappa shape index (κ1) is 22.4. The minimum absolute atomic E-state index is 0.103. The quantitative estimate of drug-likeness (QED) is 0.419. The minimum Gasteiger partial charge on any atom is -0.507 e. The number of anilines is 1. The van der Waals surface area contributed by atoms with Crippen LogP contribution >= 0.6 is 0 Å². The number of ketones is 1. The van der Waals surface area contributed by atoms with Crippen LogP contribution in [0.1, 0.15) is 17.2 Å². The Labute approximate surface area is 183 Å². The van der Waals surface area contributed by atoms with Gasteiger partial charge in [0.1, 0.15) is 11.5 Å². The molecule has 1 heterocycles. The van der Waals surface area contributed by atoms with Crippen molar-refractivity contribution in [3.8, 4) is 5.75 Å². The van der Waals surface area contributed by atoms with Gasteiger partial charge in [0, 0.05) is 38.4 Å². The summed E-state index contributed by atoms with van der Waals surface area (Å²) in [6, 6.07) is 13.8. The van der Waals surface area contributed by atoms with E-state index in [1.165, 1.54) is 0 Å². The first-order chi connectivity index (χ1) is 14.7. The SMILES string of the molecule is COc1ccc(/C(O)=C2\C(=O)C(=O)N(CCN(C)C)[C@H]2c2ccc(N(C)C)cc2)cc1. The highest BCUT2D eigenvalue weighted by Crippen LogP contribution is 2.39. The molecule has 164 valence electrons. The van der Waals surface area contributed by atoms with Crippen molar-refractivity contribution in [1.82, 2.24) is 9.80 Å². The molecule has 0 bridgehead atoms. The standard InChI is InChI=1S/C24H29N3O4/c1-25(2)14-15-27-21(16-6-10-18(11-7-16)26(3)4)20(23(29)24(27)30)22(28)17-8-12-19(31-5)13-9-17/h6-13,21,28H,14-15H2,1-5H3/b22-20+/t21-/m0/s1. The summed E-state index contributed by atoms with van der Waals surface area (Å²) in [6.07, 6.45) is 0. The molecule has 1 fully saturated rings. The molecule has 31 heavy (non-hydrogen) atoms. The zero-order chi connectivity index (χ0) is 22.7. The van der Waals surface area contributed by atoms with Crippen LogP contribution in [0.5, 0.6) is 5.75 Å². The molecule has 0 aliphatic carbocycles. The predicted octanol–water partition coefficient (Wildman–Crippen LogP) is 2.74. The molecule has 1 aliphatic heterocycles. The fourth-order valence-corrected chi connectivity index (χ4v) is 3.62. The molecular formula is C24H29N3O4. The number of aliphatic hydroxyl groups is 1. The average Bonchev–Trinajstić information content (AvgIpc) is 3.02. The molecule has 2 aromatic rings. The molecule has 1 amide bonds. The molecule has 2 aromatic carbocycles. The van der Waals surface area contributed by atoms with Crippen molar-refractivity contribution in [1.29, 1.82) is 0 Å². The lowest BCUT2D eigenvalue weighted by Crippen LogP contribution is -2.35. The van der Waals surface area contributed by atoms with Gasteiger partial charge in [0.2, 0.25) is 0 Å². The second kappa shape index (κ2) is 9.22. The van der Waals surface area contributed by atoms with Gasteiger partial charge in [-0.2, -0.15) is 0 Å². The van der Waals surface area contributed by atoms with E-state index >= 15 is 0 Å². The molecule has 0 radical (unpaired) electrons. The van der Waals surface area contributed by atoms with Gasteiger partial charge in [-0.3, -0.25) is 9.59 Å². The van der Waals surface area contributed by atoms with E-state index in [1.54, 1.807) is 36.3 Å². The highest BCUT2D eigenvalue weighted by Gasteiger charge is 2.45. The number of Topliss-reactive ketones (excluding diaryl/α,β-unsaturated/α-hetero) is 1. The van der Waals surface area contributed by atoms with Gasteiger partial charge in [0.05, 0.1) is 18.7 Å². The van der Waals surface area contributed by atoms with E-state index in [4.69, 9.17) is 4.74 Å². The molecule has 7 heteroatoms. The van der Waals surface area contributed by atoms with Gasteiger partial charge in [-0.05, 0) is 56.1 Å². The Kier molecular flexibility index (Phi) is 6.65. The molecule has 0 spiro atoms. The van der Waals surface area contributed by atoms with E-state index in [1.807, 2.05) is 62.3 Å². The van der Waals surface area contributed by atoms with E-state index in [0.29, 0.717) is 24.4 Å². The van der Waals surface area contributed by atoms with Gasteiger partial charge < -0.3 is 24.5 Å². The molecule has 3 rings (SSSR count). The molecule has 7 nitrogen and oxygen atoms in total. The van der Waals surface area contributed by atoms with Gasteiger partial charge in [-0.1, -0.05) is 12.1 Å². The molecule has 0 aromatic heterocycles. The number of methoxy groups -OCH3 is 1. The molecule has 1 aliphatic rings. The first-order valence-corrected chi connectivity index (χ1v) is 10.1. The number of rotatable bonds is 7. The van der Waals surface area contributed by atoms with Gasteiger partial charge in [0.25, 0.3) is 11.7 Å². The van der Waals surface area contributed by atoms with Crippen LogP contribution in [0.2, 0.25) is 0 Å². The summed E-state index contributed by atoms with van der Waals surface area (Å²) < 4.78 is 5.17. The number of nitrogens with zero attached hydrogens (tertiary/aromatic N) is 3. The lowest BCUT2D eigenvalue weighted by molar-refractivity contribution is -0.140. The van der Waals surface area contributed by atoms with Gasteiger partial charge in [-0.25, -0.2) is 0 Å². The number of likely N-dealkylation sites (N-methyl/N-ethyl adjacent to an activating group) is 1. The van der Waals surface area contributed by atoms with E-state index in [0.717, 1.165) is 11.3 Å². The van der Waals surface area contributed by atoms with Crippen LogP contribution in [-0.4, -0.2) is 75.0 Å². The van der Waals surface area contributed by atoms with Gasteiger partial charge in [-0.15, -0.1) is 0 Å². The number of ether oxygens (including phenoxy) is 1. The summed E-state index contributed by atoms with van der Waals surface area (Å²) in [5, 5.41) is 11.1. The fraction of sp³-hybridized carbons (Fsp3) is 0.333. The summed E-state index contributed by atoms with van der Waals surface area (Å²) >= 11 is 0. The number of amides is 1. The number of likely N-dealkylation sites (tertiary alicyclic amines) is 1. The normalized spacial score (nSPS) is 18.0. The maximum atomic E-state index is 13.0. The Balaban J connectivity index is 2.11. The fourth-order valence-electron chi connectivity index (χ4n) is 3.62. The molecule has 1 N–H and O–H groups in total. The highest BCUT2D eigenvalue weighted by molar-refractivity contribution is 6.46. The predicted molar refractivity (Wildman–Crippen MR) is 121 cm³/mol. The van der Waals surface area contributed by atoms with Crippen LogP contribution in [0.15, 0.2) is 54.1 Å². The number of aliphatic hydroxyl groups excluding tert-OH is 1. The third-order valence-electron chi connectivity index (χ3n) is 5.42. The maximum Gasteiger partial charge on any atom is 0.295 e. The first-order valence-electron chi connectivity index (χ1n) is 10.1. The number of benzene rings is 2.